The van der Waals surface area contributed by atoms with Crippen LogP contribution in [0.1, 0.15) is 97.3 Å². The van der Waals surface area contributed by atoms with E-state index in [1.165, 1.54) is 64.2 Å². The van der Waals surface area contributed by atoms with Gasteiger partial charge >= 0.3 is 5.97 Å². The van der Waals surface area contributed by atoms with Crippen LogP contribution in [0.25, 0.3) is 0 Å². The Morgan fingerprint density at radius 3 is 1.71 bits per heavy atom. The van der Waals surface area contributed by atoms with E-state index in [1.807, 2.05) is 0 Å². The van der Waals surface area contributed by atoms with Gasteiger partial charge < -0.3 is 10.5 Å². The summed E-state index contributed by atoms with van der Waals surface area (Å²) in [6.45, 7) is 4.46. The summed E-state index contributed by atoms with van der Waals surface area (Å²) in [5, 5.41) is 0. The van der Waals surface area contributed by atoms with E-state index in [0.717, 1.165) is 19.3 Å². The van der Waals surface area contributed by atoms with E-state index in [4.69, 9.17) is 10.5 Å². The van der Waals surface area contributed by atoms with Crippen LogP contribution in [0.2, 0.25) is 0 Å². The van der Waals surface area contributed by atoms with Gasteiger partial charge in [-0.05, 0) is 25.7 Å². The maximum atomic E-state index is 11.4. The summed E-state index contributed by atoms with van der Waals surface area (Å²) in [4.78, 5) is 11.4. The molecule has 1 atom stereocenters. The molecule has 0 aliphatic heterocycles. The van der Waals surface area contributed by atoms with Gasteiger partial charge in [-0.2, -0.15) is 0 Å². The van der Waals surface area contributed by atoms with Gasteiger partial charge in [0.2, 0.25) is 0 Å². The minimum Gasteiger partial charge on any atom is -0.461 e. The quantitative estimate of drug-likeness (QED) is 0.343. The molecule has 0 aromatic carbocycles. The molecule has 3 nitrogen and oxygen atoms in total. The summed E-state index contributed by atoms with van der Waals surface area (Å²) in [7, 11) is 0. The zero-order valence-electron chi connectivity index (χ0n) is 14.4. The molecular formula is C18H37NO2. The van der Waals surface area contributed by atoms with Crippen LogP contribution >= 0.6 is 0 Å². The van der Waals surface area contributed by atoms with Crippen LogP contribution in [-0.2, 0) is 9.53 Å². The number of esters is 1. The Bertz CT molecular complexity index is 231. The normalized spacial score (nSPS) is 12.3. The summed E-state index contributed by atoms with van der Waals surface area (Å²) in [6.07, 6.45) is 16.1. The minimum atomic E-state index is -0.251. The van der Waals surface area contributed by atoms with Crippen molar-refractivity contribution in [3.05, 3.63) is 0 Å². The molecule has 0 aliphatic rings. The Balaban J connectivity index is 3.74. The van der Waals surface area contributed by atoms with E-state index in [1.54, 1.807) is 0 Å². The third-order valence-corrected chi connectivity index (χ3v) is 3.97. The minimum absolute atomic E-state index is 0.00246. The zero-order chi connectivity index (χ0) is 15.8. The molecule has 0 amide bonds. The van der Waals surface area contributed by atoms with Gasteiger partial charge in [-0.1, -0.05) is 71.6 Å². The summed E-state index contributed by atoms with van der Waals surface area (Å²) >= 11 is 0. The zero-order valence-corrected chi connectivity index (χ0v) is 14.4. The average Bonchev–Trinajstić information content (AvgIpc) is 2.50. The highest BCUT2D eigenvalue weighted by atomic mass is 16.5. The third-order valence-electron chi connectivity index (χ3n) is 3.97. The van der Waals surface area contributed by atoms with Crippen molar-refractivity contribution in [1.29, 1.82) is 0 Å². The van der Waals surface area contributed by atoms with Crippen LogP contribution in [0.3, 0.4) is 0 Å². The van der Waals surface area contributed by atoms with Gasteiger partial charge in [0, 0.05) is 0 Å². The molecule has 1 unspecified atom stereocenters. The van der Waals surface area contributed by atoms with Crippen molar-refractivity contribution in [3.8, 4) is 0 Å². The highest BCUT2D eigenvalue weighted by molar-refractivity contribution is 5.71. The van der Waals surface area contributed by atoms with Crippen molar-refractivity contribution >= 4 is 5.97 Å². The highest BCUT2D eigenvalue weighted by Gasteiger charge is 2.12. The third kappa shape index (κ3) is 14.1. The van der Waals surface area contributed by atoms with Crippen LogP contribution < -0.4 is 5.73 Å². The molecule has 0 fully saturated rings. The van der Waals surface area contributed by atoms with Gasteiger partial charge in [-0.3, -0.25) is 4.79 Å². The molecule has 0 radical (unpaired) electrons. The number of carbonyl (C=O) groups is 1. The van der Waals surface area contributed by atoms with E-state index in [-0.39, 0.29) is 18.6 Å². The van der Waals surface area contributed by atoms with Crippen LogP contribution in [-0.4, -0.2) is 18.6 Å². The fourth-order valence-electron chi connectivity index (χ4n) is 2.62. The van der Waals surface area contributed by atoms with Crippen molar-refractivity contribution in [3.63, 3.8) is 0 Å². The Morgan fingerprint density at radius 1 is 0.810 bits per heavy atom. The molecule has 0 saturated carbocycles. The lowest BCUT2D eigenvalue weighted by atomic mass is 10.0. The standard InChI is InChI=1S/C18H37NO2/c1-3-5-7-9-10-11-13-15-17(21-18(20)16-19)14-12-8-6-4-2/h17H,3-16,19H2,1-2H3. The van der Waals surface area contributed by atoms with Crippen molar-refractivity contribution in [2.24, 2.45) is 5.73 Å². The molecule has 0 bridgehead atoms. The number of nitrogens with two attached hydrogens (primary N) is 1. The van der Waals surface area contributed by atoms with Crippen LogP contribution in [0.4, 0.5) is 0 Å². The first-order valence-electron chi connectivity index (χ1n) is 9.14. The van der Waals surface area contributed by atoms with Crippen LogP contribution in [0.15, 0.2) is 0 Å². The predicted molar refractivity (Wildman–Crippen MR) is 90.3 cm³/mol. The number of ether oxygens (including phenoxy) is 1. The average molecular weight is 299 g/mol. The SMILES string of the molecule is CCCCCCCCCC(CCCCCC)OC(=O)CN. The summed E-state index contributed by atoms with van der Waals surface area (Å²) in [5.74, 6) is -0.251. The number of hydrogen-bond acceptors (Lipinski definition) is 3. The van der Waals surface area contributed by atoms with Gasteiger partial charge in [0.25, 0.3) is 0 Å². The topological polar surface area (TPSA) is 52.3 Å². The molecule has 3 heteroatoms. The van der Waals surface area contributed by atoms with Gasteiger partial charge in [-0.15, -0.1) is 0 Å². The van der Waals surface area contributed by atoms with E-state index < -0.39 is 0 Å². The molecule has 21 heavy (non-hydrogen) atoms. The number of carbonyl (C=O) groups excluding carboxylic acids is 1. The summed E-state index contributed by atoms with van der Waals surface area (Å²) in [5.41, 5.74) is 5.35. The van der Waals surface area contributed by atoms with Gasteiger partial charge in [0.05, 0.1) is 6.54 Å². The van der Waals surface area contributed by atoms with Crippen molar-refractivity contribution in [2.45, 2.75) is 103 Å². The fraction of sp³-hybridized carbons (Fsp3) is 0.944. The fourth-order valence-corrected chi connectivity index (χ4v) is 2.62. The van der Waals surface area contributed by atoms with Gasteiger partial charge in [0.15, 0.2) is 0 Å². The molecule has 0 aliphatic carbocycles. The van der Waals surface area contributed by atoms with Gasteiger partial charge in [-0.25, -0.2) is 0 Å². The van der Waals surface area contributed by atoms with Gasteiger partial charge in [0.1, 0.15) is 6.10 Å². The lowest BCUT2D eigenvalue weighted by molar-refractivity contribution is -0.148. The summed E-state index contributed by atoms with van der Waals surface area (Å²) < 4.78 is 5.46. The maximum Gasteiger partial charge on any atom is 0.319 e. The van der Waals surface area contributed by atoms with E-state index in [0.29, 0.717) is 0 Å². The predicted octanol–water partition coefficient (Wildman–Crippen LogP) is 4.97. The van der Waals surface area contributed by atoms with E-state index >= 15 is 0 Å². The second-order valence-electron chi connectivity index (χ2n) is 6.08. The largest absolute Gasteiger partial charge is 0.461 e. The first-order valence-corrected chi connectivity index (χ1v) is 9.14. The Hall–Kier alpha value is -0.570. The maximum absolute atomic E-state index is 11.4. The molecule has 2 N–H and O–H groups in total. The van der Waals surface area contributed by atoms with E-state index in [2.05, 4.69) is 13.8 Å². The first-order chi connectivity index (χ1) is 10.2. The van der Waals surface area contributed by atoms with Crippen molar-refractivity contribution in [2.75, 3.05) is 6.54 Å². The lowest BCUT2D eigenvalue weighted by Crippen LogP contribution is -2.24. The first kappa shape index (κ1) is 20.4. The van der Waals surface area contributed by atoms with Crippen molar-refractivity contribution in [1.82, 2.24) is 0 Å². The lowest BCUT2D eigenvalue weighted by Gasteiger charge is -2.17. The molecule has 0 aromatic rings. The summed E-state index contributed by atoms with van der Waals surface area (Å²) in [6, 6.07) is 0. The molecule has 0 aromatic heterocycles. The molecule has 0 heterocycles. The Labute approximate surface area is 132 Å². The number of hydrogen-bond donors (Lipinski definition) is 1. The molecule has 126 valence electrons. The van der Waals surface area contributed by atoms with Crippen LogP contribution in [0, 0.1) is 0 Å². The number of unbranched alkanes of at least 4 members (excludes halogenated alkanes) is 9. The Morgan fingerprint density at radius 2 is 1.24 bits per heavy atom. The monoisotopic (exact) mass is 299 g/mol. The second-order valence-corrected chi connectivity index (χ2v) is 6.08. The number of rotatable bonds is 15. The molecule has 0 rings (SSSR count). The van der Waals surface area contributed by atoms with E-state index in [9.17, 15) is 4.79 Å². The molecule has 0 saturated heterocycles. The highest BCUT2D eigenvalue weighted by Crippen LogP contribution is 2.16. The van der Waals surface area contributed by atoms with Crippen LogP contribution in [0.5, 0.6) is 0 Å². The molecule has 0 spiro atoms. The smallest absolute Gasteiger partial charge is 0.319 e. The Kier molecular flexibility index (Phi) is 15.4. The second kappa shape index (κ2) is 15.8. The van der Waals surface area contributed by atoms with Crippen molar-refractivity contribution < 1.29 is 9.53 Å². The molecular weight excluding hydrogens is 262 g/mol.